The Morgan fingerprint density at radius 1 is 1.38 bits per heavy atom. The molecule has 0 saturated carbocycles. The van der Waals surface area contributed by atoms with Gasteiger partial charge in [0.2, 0.25) is 0 Å². The van der Waals surface area contributed by atoms with Gasteiger partial charge in [0, 0.05) is 17.3 Å². The number of rotatable bonds is 2. The molecule has 5 nitrogen and oxygen atoms in total. The predicted octanol–water partition coefficient (Wildman–Crippen LogP) is 1.82. The van der Waals surface area contributed by atoms with Crippen molar-refractivity contribution >= 4 is 17.4 Å². The molecule has 1 heterocycles. The molecule has 2 rings (SSSR count). The van der Waals surface area contributed by atoms with Gasteiger partial charge in [0.25, 0.3) is 5.91 Å². The van der Waals surface area contributed by atoms with E-state index in [1.54, 1.807) is 37.3 Å². The average Bonchev–Trinajstić information content (AvgIpc) is 2.65. The van der Waals surface area contributed by atoms with E-state index < -0.39 is 0 Å². The molecule has 1 aromatic heterocycles. The summed E-state index contributed by atoms with van der Waals surface area (Å²) < 4.78 is 4.84. The first-order valence-corrected chi connectivity index (χ1v) is 4.75. The Balaban J connectivity index is 2.11. The van der Waals surface area contributed by atoms with E-state index in [2.05, 4.69) is 10.5 Å². The second-order valence-corrected chi connectivity index (χ2v) is 3.40. The first kappa shape index (κ1) is 10.2. The highest BCUT2D eigenvalue weighted by molar-refractivity contribution is 6.03. The van der Waals surface area contributed by atoms with Gasteiger partial charge in [0.15, 0.2) is 5.82 Å². The summed E-state index contributed by atoms with van der Waals surface area (Å²) in [5, 5.41) is 6.28. The molecule has 0 aliphatic heterocycles. The van der Waals surface area contributed by atoms with E-state index in [0.717, 1.165) is 0 Å². The fourth-order valence-electron chi connectivity index (χ4n) is 1.25. The zero-order chi connectivity index (χ0) is 11.5. The van der Waals surface area contributed by atoms with Crippen molar-refractivity contribution in [2.75, 3.05) is 11.1 Å². The molecule has 0 fully saturated rings. The van der Waals surface area contributed by atoms with Crippen LogP contribution in [-0.4, -0.2) is 11.1 Å². The number of carbonyl (C=O) groups is 1. The van der Waals surface area contributed by atoms with E-state index in [1.165, 1.54) is 0 Å². The second kappa shape index (κ2) is 4.06. The van der Waals surface area contributed by atoms with Crippen LogP contribution in [0, 0.1) is 6.92 Å². The van der Waals surface area contributed by atoms with Crippen molar-refractivity contribution in [1.82, 2.24) is 5.16 Å². The van der Waals surface area contributed by atoms with Gasteiger partial charge in [-0.1, -0.05) is 5.16 Å². The zero-order valence-corrected chi connectivity index (χ0v) is 8.73. The Bertz CT molecular complexity index is 502. The van der Waals surface area contributed by atoms with E-state index in [0.29, 0.717) is 22.8 Å². The maximum Gasteiger partial charge on any atom is 0.256 e. The highest BCUT2D eigenvalue weighted by atomic mass is 16.5. The number of aryl methyl sites for hydroxylation is 1. The summed E-state index contributed by atoms with van der Waals surface area (Å²) in [7, 11) is 0. The summed E-state index contributed by atoms with van der Waals surface area (Å²) in [6, 6.07) is 8.29. The number of amides is 1. The minimum atomic E-state index is -0.242. The van der Waals surface area contributed by atoms with Crippen LogP contribution in [0.3, 0.4) is 0 Å². The third kappa shape index (κ3) is 2.20. The SMILES string of the molecule is Cc1cc(NC(=O)c2ccc(N)cc2)no1. The van der Waals surface area contributed by atoms with Crippen LogP contribution in [0.25, 0.3) is 0 Å². The van der Waals surface area contributed by atoms with Crippen LogP contribution >= 0.6 is 0 Å². The Labute approximate surface area is 92.2 Å². The molecule has 0 spiro atoms. The topological polar surface area (TPSA) is 81.2 Å². The third-order valence-corrected chi connectivity index (χ3v) is 2.04. The van der Waals surface area contributed by atoms with Crippen LogP contribution in [0.5, 0.6) is 0 Å². The van der Waals surface area contributed by atoms with Gasteiger partial charge in [0.05, 0.1) is 0 Å². The molecular formula is C11H11N3O2. The lowest BCUT2D eigenvalue weighted by Gasteiger charge is -2.01. The van der Waals surface area contributed by atoms with Gasteiger partial charge >= 0.3 is 0 Å². The van der Waals surface area contributed by atoms with Crippen LogP contribution < -0.4 is 11.1 Å². The normalized spacial score (nSPS) is 10.1. The first-order chi connectivity index (χ1) is 7.65. The number of carbonyl (C=O) groups excluding carboxylic acids is 1. The van der Waals surface area contributed by atoms with Gasteiger partial charge in [-0.3, -0.25) is 4.79 Å². The van der Waals surface area contributed by atoms with Crippen LogP contribution in [0.4, 0.5) is 11.5 Å². The number of hydrogen-bond donors (Lipinski definition) is 2. The second-order valence-electron chi connectivity index (χ2n) is 3.40. The number of nitrogen functional groups attached to an aromatic ring is 1. The van der Waals surface area contributed by atoms with Crippen molar-refractivity contribution in [2.24, 2.45) is 0 Å². The molecule has 0 saturated heterocycles. The summed E-state index contributed by atoms with van der Waals surface area (Å²) in [5.74, 6) is 0.806. The van der Waals surface area contributed by atoms with Crippen LogP contribution in [0.2, 0.25) is 0 Å². The molecule has 16 heavy (non-hydrogen) atoms. The predicted molar refractivity (Wildman–Crippen MR) is 60.0 cm³/mol. The molecule has 82 valence electrons. The van der Waals surface area contributed by atoms with Crippen LogP contribution in [0.1, 0.15) is 16.1 Å². The number of nitrogens with zero attached hydrogens (tertiary/aromatic N) is 1. The quantitative estimate of drug-likeness (QED) is 0.752. The van der Waals surface area contributed by atoms with Gasteiger partial charge in [-0.2, -0.15) is 0 Å². The molecule has 0 aliphatic carbocycles. The van der Waals surface area contributed by atoms with Gasteiger partial charge in [-0.25, -0.2) is 0 Å². The van der Waals surface area contributed by atoms with Crippen molar-refractivity contribution in [3.8, 4) is 0 Å². The number of aromatic nitrogens is 1. The fourth-order valence-corrected chi connectivity index (χ4v) is 1.25. The molecule has 3 N–H and O–H groups in total. The lowest BCUT2D eigenvalue weighted by molar-refractivity contribution is 0.102. The number of anilines is 2. The molecule has 1 aromatic carbocycles. The molecular weight excluding hydrogens is 206 g/mol. The number of hydrogen-bond acceptors (Lipinski definition) is 4. The monoisotopic (exact) mass is 217 g/mol. The van der Waals surface area contributed by atoms with E-state index >= 15 is 0 Å². The summed E-state index contributed by atoms with van der Waals surface area (Å²) in [6.07, 6.45) is 0. The van der Waals surface area contributed by atoms with Crippen molar-refractivity contribution in [3.63, 3.8) is 0 Å². The van der Waals surface area contributed by atoms with E-state index in [4.69, 9.17) is 10.3 Å². The molecule has 0 radical (unpaired) electrons. The third-order valence-electron chi connectivity index (χ3n) is 2.04. The zero-order valence-electron chi connectivity index (χ0n) is 8.73. The maximum absolute atomic E-state index is 11.7. The van der Waals surface area contributed by atoms with E-state index in [9.17, 15) is 4.79 Å². The van der Waals surface area contributed by atoms with Crippen LogP contribution in [0.15, 0.2) is 34.9 Å². The van der Waals surface area contributed by atoms with Crippen molar-refractivity contribution in [3.05, 3.63) is 41.7 Å². The van der Waals surface area contributed by atoms with Crippen LogP contribution in [-0.2, 0) is 0 Å². The van der Waals surface area contributed by atoms with Gasteiger partial charge in [-0.15, -0.1) is 0 Å². The largest absolute Gasteiger partial charge is 0.399 e. The number of benzene rings is 1. The first-order valence-electron chi connectivity index (χ1n) is 4.75. The molecule has 0 atom stereocenters. The minimum absolute atomic E-state index is 0.242. The molecule has 2 aromatic rings. The van der Waals surface area contributed by atoms with Crippen molar-refractivity contribution < 1.29 is 9.32 Å². The van der Waals surface area contributed by atoms with Gasteiger partial charge in [-0.05, 0) is 31.2 Å². The highest BCUT2D eigenvalue weighted by Crippen LogP contribution is 2.10. The lowest BCUT2D eigenvalue weighted by Crippen LogP contribution is -2.11. The molecule has 1 amide bonds. The van der Waals surface area contributed by atoms with Crippen molar-refractivity contribution in [1.29, 1.82) is 0 Å². The van der Waals surface area contributed by atoms with Gasteiger partial charge in [0.1, 0.15) is 5.76 Å². The Hall–Kier alpha value is -2.30. The Morgan fingerprint density at radius 3 is 2.62 bits per heavy atom. The smallest absolute Gasteiger partial charge is 0.256 e. The van der Waals surface area contributed by atoms with Crippen molar-refractivity contribution in [2.45, 2.75) is 6.92 Å². The molecule has 0 bridgehead atoms. The van der Waals surface area contributed by atoms with Gasteiger partial charge < -0.3 is 15.6 Å². The summed E-state index contributed by atoms with van der Waals surface area (Å²) in [4.78, 5) is 11.7. The molecule has 0 unspecified atom stereocenters. The maximum atomic E-state index is 11.7. The average molecular weight is 217 g/mol. The Morgan fingerprint density at radius 2 is 2.06 bits per heavy atom. The summed E-state index contributed by atoms with van der Waals surface area (Å²) >= 11 is 0. The molecule has 5 heteroatoms. The fraction of sp³-hybridized carbons (Fsp3) is 0.0909. The summed E-state index contributed by atoms with van der Waals surface area (Å²) in [5.41, 5.74) is 6.67. The number of nitrogens with two attached hydrogens (primary N) is 1. The highest BCUT2D eigenvalue weighted by Gasteiger charge is 2.08. The molecule has 0 aliphatic rings. The van der Waals surface area contributed by atoms with E-state index in [-0.39, 0.29) is 5.91 Å². The summed E-state index contributed by atoms with van der Waals surface area (Å²) in [6.45, 7) is 1.76. The lowest BCUT2D eigenvalue weighted by atomic mass is 10.2. The Kier molecular flexibility index (Phi) is 2.59. The minimum Gasteiger partial charge on any atom is -0.399 e. The number of nitrogens with one attached hydrogen (secondary N) is 1. The standard InChI is InChI=1S/C11H11N3O2/c1-7-6-10(14-16-7)13-11(15)8-2-4-9(12)5-3-8/h2-6H,12H2,1H3,(H,13,14,15). The van der Waals surface area contributed by atoms with E-state index in [1.807, 2.05) is 0 Å².